The number of aliphatic hydroxyl groups excluding tert-OH is 2. The highest BCUT2D eigenvalue weighted by molar-refractivity contribution is 5.66. The van der Waals surface area contributed by atoms with Crippen LogP contribution < -0.4 is 0 Å². The number of hydrogen-bond acceptors (Lipinski definition) is 3. The zero-order valence-electron chi connectivity index (χ0n) is 9.28. The molecule has 2 rings (SSSR count). The first kappa shape index (κ1) is 11.9. The molecule has 92 valence electrons. The van der Waals surface area contributed by atoms with E-state index in [2.05, 4.69) is 0 Å². The number of benzene rings is 1. The molecule has 0 aromatic heterocycles. The maximum Gasteiger partial charge on any atom is 0.407 e. The summed E-state index contributed by atoms with van der Waals surface area (Å²) in [4.78, 5) is 12.3. The Balaban J connectivity index is 2.31. The Kier molecular flexibility index (Phi) is 3.31. The van der Waals surface area contributed by atoms with E-state index in [1.807, 2.05) is 24.3 Å². The highest BCUT2D eigenvalue weighted by Crippen LogP contribution is 2.25. The molecule has 0 fully saturated rings. The van der Waals surface area contributed by atoms with Gasteiger partial charge in [0.1, 0.15) is 0 Å². The van der Waals surface area contributed by atoms with E-state index in [9.17, 15) is 9.90 Å². The highest BCUT2D eigenvalue weighted by atomic mass is 16.4. The summed E-state index contributed by atoms with van der Waals surface area (Å²) in [6, 6.07) is 6.98. The first-order chi connectivity index (χ1) is 8.13. The third kappa shape index (κ3) is 2.25. The highest BCUT2D eigenvalue weighted by Gasteiger charge is 2.33. The van der Waals surface area contributed by atoms with Gasteiger partial charge in [-0.3, -0.25) is 4.90 Å². The number of aliphatic hydroxyl groups is 2. The van der Waals surface area contributed by atoms with Crippen molar-refractivity contribution in [3.8, 4) is 0 Å². The third-order valence-corrected chi connectivity index (χ3v) is 3.17. The largest absolute Gasteiger partial charge is 0.465 e. The average molecular weight is 237 g/mol. The van der Waals surface area contributed by atoms with Crippen molar-refractivity contribution in [2.24, 2.45) is 0 Å². The number of nitrogens with zero attached hydrogens (tertiary/aromatic N) is 1. The monoisotopic (exact) mass is 237 g/mol. The van der Waals surface area contributed by atoms with Crippen LogP contribution in [0.2, 0.25) is 0 Å². The van der Waals surface area contributed by atoms with Crippen molar-refractivity contribution in [3.63, 3.8) is 0 Å². The molecular formula is C12H15NO4. The lowest BCUT2D eigenvalue weighted by molar-refractivity contribution is 0.00756. The quantitative estimate of drug-likeness (QED) is 0.697. The number of fused-ring (bicyclic) bond motifs is 1. The van der Waals surface area contributed by atoms with E-state index in [0.29, 0.717) is 6.42 Å². The summed E-state index contributed by atoms with van der Waals surface area (Å²) in [7, 11) is 0. The number of carboxylic acid groups (broad SMARTS) is 1. The predicted molar refractivity (Wildman–Crippen MR) is 60.6 cm³/mol. The SMILES string of the molecule is O=C(O)N1Cc2ccccc2CC1[C@@H](O)CO. The number of amides is 1. The Labute approximate surface area is 98.9 Å². The molecule has 0 bridgehead atoms. The summed E-state index contributed by atoms with van der Waals surface area (Å²) in [5, 5.41) is 27.7. The zero-order chi connectivity index (χ0) is 12.4. The number of hydrogen-bond donors (Lipinski definition) is 3. The molecule has 1 amide bonds. The summed E-state index contributed by atoms with van der Waals surface area (Å²) < 4.78 is 0. The van der Waals surface area contributed by atoms with Crippen molar-refractivity contribution in [2.45, 2.75) is 25.1 Å². The summed E-state index contributed by atoms with van der Waals surface area (Å²) in [5.74, 6) is 0. The molecule has 0 spiro atoms. The molecule has 0 saturated carbocycles. The van der Waals surface area contributed by atoms with Gasteiger partial charge >= 0.3 is 6.09 Å². The maximum atomic E-state index is 11.1. The van der Waals surface area contributed by atoms with Gasteiger partial charge < -0.3 is 15.3 Å². The smallest absolute Gasteiger partial charge is 0.407 e. The van der Waals surface area contributed by atoms with Gasteiger partial charge in [0, 0.05) is 6.54 Å². The van der Waals surface area contributed by atoms with Gasteiger partial charge in [-0.05, 0) is 17.5 Å². The van der Waals surface area contributed by atoms with Crippen LogP contribution in [-0.4, -0.2) is 45.1 Å². The topological polar surface area (TPSA) is 81.0 Å². The first-order valence-electron chi connectivity index (χ1n) is 5.48. The second-order valence-electron chi connectivity index (χ2n) is 4.20. The third-order valence-electron chi connectivity index (χ3n) is 3.17. The van der Waals surface area contributed by atoms with Crippen molar-refractivity contribution in [1.82, 2.24) is 4.90 Å². The van der Waals surface area contributed by atoms with E-state index in [1.54, 1.807) is 0 Å². The molecule has 0 aliphatic carbocycles. The van der Waals surface area contributed by atoms with E-state index in [-0.39, 0.29) is 6.54 Å². The van der Waals surface area contributed by atoms with Crippen LogP contribution in [0.4, 0.5) is 4.79 Å². The molecule has 0 radical (unpaired) electrons. The average Bonchev–Trinajstić information content (AvgIpc) is 2.36. The summed E-state index contributed by atoms with van der Waals surface area (Å²) in [5.41, 5.74) is 1.98. The van der Waals surface area contributed by atoms with Crippen LogP contribution >= 0.6 is 0 Å². The van der Waals surface area contributed by atoms with Crippen molar-refractivity contribution >= 4 is 6.09 Å². The lowest BCUT2D eigenvalue weighted by Gasteiger charge is -2.37. The molecule has 5 nitrogen and oxygen atoms in total. The molecule has 1 aliphatic heterocycles. The second kappa shape index (κ2) is 4.73. The molecular weight excluding hydrogens is 222 g/mol. The van der Waals surface area contributed by atoms with Crippen molar-refractivity contribution in [2.75, 3.05) is 6.61 Å². The molecule has 2 atom stereocenters. The fourth-order valence-electron chi connectivity index (χ4n) is 2.22. The van der Waals surface area contributed by atoms with Crippen LogP contribution in [0.25, 0.3) is 0 Å². The van der Waals surface area contributed by atoms with Crippen LogP contribution in [0.1, 0.15) is 11.1 Å². The second-order valence-corrected chi connectivity index (χ2v) is 4.20. The van der Waals surface area contributed by atoms with E-state index in [4.69, 9.17) is 10.2 Å². The lowest BCUT2D eigenvalue weighted by atomic mass is 9.91. The van der Waals surface area contributed by atoms with Gasteiger partial charge in [-0.2, -0.15) is 0 Å². The van der Waals surface area contributed by atoms with Crippen LogP contribution in [0.3, 0.4) is 0 Å². The molecule has 1 aliphatic rings. The minimum atomic E-state index is -1.07. The lowest BCUT2D eigenvalue weighted by Crippen LogP contribution is -2.51. The van der Waals surface area contributed by atoms with Crippen molar-refractivity contribution in [1.29, 1.82) is 0 Å². The van der Waals surface area contributed by atoms with Crippen LogP contribution in [0.5, 0.6) is 0 Å². The fourth-order valence-corrected chi connectivity index (χ4v) is 2.22. The van der Waals surface area contributed by atoms with Gasteiger partial charge in [-0.15, -0.1) is 0 Å². The Bertz CT molecular complexity index is 421. The van der Waals surface area contributed by atoms with E-state index >= 15 is 0 Å². The Morgan fingerprint density at radius 2 is 2.06 bits per heavy atom. The Hall–Kier alpha value is -1.59. The van der Waals surface area contributed by atoms with E-state index in [1.165, 1.54) is 4.90 Å². The zero-order valence-corrected chi connectivity index (χ0v) is 9.28. The minimum absolute atomic E-state index is 0.257. The number of rotatable bonds is 2. The van der Waals surface area contributed by atoms with Crippen molar-refractivity contribution < 1.29 is 20.1 Å². The molecule has 1 aromatic rings. The van der Waals surface area contributed by atoms with Crippen molar-refractivity contribution in [3.05, 3.63) is 35.4 Å². The standard InChI is InChI=1S/C12H15NO4/c14-7-11(15)10-5-8-3-1-2-4-9(8)6-13(10)12(16)17/h1-4,10-11,14-15H,5-7H2,(H,16,17)/t10?,11-/m0/s1. The first-order valence-corrected chi connectivity index (χ1v) is 5.48. The van der Waals surface area contributed by atoms with E-state index in [0.717, 1.165) is 11.1 Å². The molecule has 1 unspecified atom stereocenters. The van der Waals surface area contributed by atoms with E-state index < -0.39 is 24.8 Å². The van der Waals surface area contributed by atoms with Crippen LogP contribution in [0.15, 0.2) is 24.3 Å². The molecule has 1 aromatic carbocycles. The van der Waals surface area contributed by atoms with Gasteiger partial charge in [-0.1, -0.05) is 24.3 Å². The summed E-state index contributed by atoms with van der Waals surface area (Å²) in [6.07, 6.45) is -1.68. The van der Waals surface area contributed by atoms with Gasteiger partial charge in [0.25, 0.3) is 0 Å². The summed E-state index contributed by atoms with van der Waals surface area (Å²) in [6.45, 7) is -0.177. The Morgan fingerprint density at radius 1 is 1.41 bits per heavy atom. The molecule has 0 saturated heterocycles. The maximum absolute atomic E-state index is 11.1. The van der Waals surface area contributed by atoms with Crippen LogP contribution in [-0.2, 0) is 13.0 Å². The molecule has 3 N–H and O–H groups in total. The van der Waals surface area contributed by atoms with Gasteiger partial charge in [0.2, 0.25) is 0 Å². The minimum Gasteiger partial charge on any atom is -0.465 e. The molecule has 1 heterocycles. The van der Waals surface area contributed by atoms with Gasteiger partial charge in [0.05, 0.1) is 18.8 Å². The number of carbonyl (C=O) groups is 1. The summed E-state index contributed by atoms with van der Waals surface area (Å²) >= 11 is 0. The molecule has 5 heteroatoms. The molecule has 17 heavy (non-hydrogen) atoms. The normalized spacial score (nSPS) is 20.8. The van der Waals surface area contributed by atoms with Crippen LogP contribution in [0, 0.1) is 0 Å². The Morgan fingerprint density at radius 3 is 2.65 bits per heavy atom. The predicted octanol–water partition coefficient (Wildman–Crippen LogP) is 0.444. The van der Waals surface area contributed by atoms with Gasteiger partial charge in [0.15, 0.2) is 0 Å². The van der Waals surface area contributed by atoms with Gasteiger partial charge in [-0.25, -0.2) is 4.79 Å². The fraction of sp³-hybridized carbons (Fsp3) is 0.417.